The lowest BCUT2D eigenvalue weighted by Gasteiger charge is -2.41. The molecule has 0 atom stereocenters. The number of hydrogen-bond acceptors (Lipinski definition) is 3. The summed E-state index contributed by atoms with van der Waals surface area (Å²) in [5, 5.41) is 3.66. The fourth-order valence-corrected chi connectivity index (χ4v) is 2.99. The first kappa shape index (κ1) is 16.9. The summed E-state index contributed by atoms with van der Waals surface area (Å²) in [6.45, 7) is 15.8. The molecule has 0 aromatic rings. The Kier molecular flexibility index (Phi) is 7.96. The van der Waals surface area contributed by atoms with Crippen molar-refractivity contribution in [1.29, 1.82) is 0 Å². The minimum atomic E-state index is 0.423. The molecule has 1 N–H and O–H groups in total. The second-order valence-corrected chi connectivity index (χ2v) is 6.42. The molecule has 0 unspecified atom stereocenters. The Morgan fingerprint density at radius 1 is 1.11 bits per heavy atom. The molecule has 0 aromatic carbocycles. The summed E-state index contributed by atoms with van der Waals surface area (Å²) in [4.78, 5) is 2.66. The quantitative estimate of drug-likeness (QED) is 0.697. The molecule has 0 spiro atoms. The molecule has 1 rings (SSSR count). The van der Waals surface area contributed by atoms with E-state index >= 15 is 0 Å². The summed E-state index contributed by atoms with van der Waals surface area (Å²) in [6.07, 6.45) is 4.92. The van der Waals surface area contributed by atoms with Crippen molar-refractivity contribution >= 4 is 0 Å². The summed E-state index contributed by atoms with van der Waals surface area (Å²) >= 11 is 0. The maximum absolute atomic E-state index is 5.59. The van der Waals surface area contributed by atoms with Gasteiger partial charge in [0.05, 0.1) is 0 Å². The van der Waals surface area contributed by atoms with Crippen molar-refractivity contribution in [3.63, 3.8) is 0 Å². The van der Waals surface area contributed by atoms with Crippen LogP contribution in [0.15, 0.2) is 0 Å². The van der Waals surface area contributed by atoms with E-state index in [0.29, 0.717) is 11.5 Å². The number of hydrogen-bond donors (Lipinski definition) is 1. The maximum Gasteiger partial charge on any atom is 0.0472 e. The molecule has 1 heterocycles. The van der Waals surface area contributed by atoms with Crippen molar-refractivity contribution in [3.8, 4) is 0 Å². The highest BCUT2D eigenvalue weighted by Crippen LogP contribution is 2.31. The van der Waals surface area contributed by atoms with Gasteiger partial charge in [0.15, 0.2) is 0 Å². The van der Waals surface area contributed by atoms with E-state index in [1.54, 1.807) is 0 Å². The Hall–Kier alpha value is -0.120. The highest BCUT2D eigenvalue weighted by atomic mass is 16.5. The zero-order valence-electron chi connectivity index (χ0n) is 13.5. The lowest BCUT2D eigenvalue weighted by Crippen LogP contribution is -2.48. The van der Waals surface area contributed by atoms with Gasteiger partial charge in [-0.25, -0.2) is 0 Å². The molecular formula is C16H34N2O. The van der Waals surface area contributed by atoms with Crippen LogP contribution in [0, 0.1) is 5.41 Å². The van der Waals surface area contributed by atoms with Crippen LogP contribution in [0.1, 0.15) is 53.4 Å². The molecule has 114 valence electrons. The van der Waals surface area contributed by atoms with Crippen LogP contribution in [-0.4, -0.2) is 50.3 Å². The van der Waals surface area contributed by atoms with Crippen LogP contribution in [0.25, 0.3) is 0 Å². The minimum Gasteiger partial charge on any atom is -0.381 e. The van der Waals surface area contributed by atoms with E-state index in [0.717, 1.165) is 19.8 Å². The summed E-state index contributed by atoms with van der Waals surface area (Å²) < 4.78 is 5.59. The molecule has 1 aliphatic heterocycles. The van der Waals surface area contributed by atoms with E-state index in [2.05, 4.69) is 37.9 Å². The maximum atomic E-state index is 5.59. The summed E-state index contributed by atoms with van der Waals surface area (Å²) in [5.41, 5.74) is 0.423. The van der Waals surface area contributed by atoms with Gasteiger partial charge in [-0.3, -0.25) is 0 Å². The van der Waals surface area contributed by atoms with Crippen LogP contribution in [0.3, 0.4) is 0 Å². The first-order valence-corrected chi connectivity index (χ1v) is 8.15. The van der Waals surface area contributed by atoms with Gasteiger partial charge in [0.2, 0.25) is 0 Å². The van der Waals surface area contributed by atoms with E-state index in [1.807, 2.05) is 0 Å². The molecule has 3 nitrogen and oxygen atoms in total. The molecule has 0 saturated carbocycles. The number of ether oxygens (including phenoxy) is 1. The van der Waals surface area contributed by atoms with Gasteiger partial charge in [-0.15, -0.1) is 0 Å². The van der Waals surface area contributed by atoms with E-state index in [1.165, 1.54) is 45.3 Å². The van der Waals surface area contributed by atoms with Gasteiger partial charge in [-0.2, -0.15) is 0 Å². The predicted octanol–water partition coefficient (Wildman–Crippen LogP) is 2.90. The van der Waals surface area contributed by atoms with E-state index in [4.69, 9.17) is 4.74 Å². The molecule has 0 bridgehead atoms. The number of rotatable bonds is 9. The highest BCUT2D eigenvalue weighted by molar-refractivity contribution is 4.87. The normalized spacial score (nSPS) is 19.3. The van der Waals surface area contributed by atoms with Gasteiger partial charge in [0.25, 0.3) is 0 Å². The Labute approximate surface area is 120 Å². The largest absolute Gasteiger partial charge is 0.381 e. The average Bonchev–Trinajstić information content (AvgIpc) is 2.38. The van der Waals surface area contributed by atoms with E-state index < -0.39 is 0 Å². The Bertz CT molecular complexity index is 219. The molecule has 1 fully saturated rings. The van der Waals surface area contributed by atoms with Crippen molar-refractivity contribution < 1.29 is 4.74 Å². The van der Waals surface area contributed by atoms with Gasteiger partial charge in [-0.05, 0) is 44.2 Å². The monoisotopic (exact) mass is 270 g/mol. The topological polar surface area (TPSA) is 24.5 Å². The van der Waals surface area contributed by atoms with E-state index in [9.17, 15) is 0 Å². The molecule has 0 radical (unpaired) electrons. The third kappa shape index (κ3) is 6.24. The first-order valence-electron chi connectivity index (χ1n) is 8.15. The average molecular weight is 270 g/mol. The summed E-state index contributed by atoms with van der Waals surface area (Å²) in [6, 6.07) is 0.575. The van der Waals surface area contributed by atoms with E-state index in [-0.39, 0.29) is 0 Å². The number of nitrogens with one attached hydrogen (secondary N) is 1. The Morgan fingerprint density at radius 2 is 1.68 bits per heavy atom. The minimum absolute atomic E-state index is 0.423. The SMILES string of the molecule is CCCN(CCC)CC1(CNC(C)C)CCOCC1. The fraction of sp³-hybridized carbons (Fsp3) is 1.00. The predicted molar refractivity (Wildman–Crippen MR) is 82.6 cm³/mol. The first-order chi connectivity index (χ1) is 9.12. The van der Waals surface area contributed by atoms with Crippen molar-refractivity contribution in [3.05, 3.63) is 0 Å². The van der Waals surface area contributed by atoms with Crippen LogP contribution in [0.5, 0.6) is 0 Å². The highest BCUT2D eigenvalue weighted by Gasteiger charge is 2.34. The zero-order valence-corrected chi connectivity index (χ0v) is 13.5. The fourth-order valence-electron chi connectivity index (χ4n) is 2.99. The molecule has 1 saturated heterocycles. The third-order valence-electron chi connectivity index (χ3n) is 4.08. The second-order valence-electron chi connectivity index (χ2n) is 6.42. The summed E-state index contributed by atoms with van der Waals surface area (Å²) in [5.74, 6) is 0. The zero-order chi connectivity index (χ0) is 14.1. The van der Waals surface area contributed by atoms with Crippen LogP contribution < -0.4 is 5.32 Å². The number of nitrogens with zero attached hydrogens (tertiary/aromatic N) is 1. The van der Waals surface area contributed by atoms with Crippen LogP contribution in [0.4, 0.5) is 0 Å². The second kappa shape index (κ2) is 8.93. The van der Waals surface area contributed by atoms with Gasteiger partial charge >= 0.3 is 0 Å². The van der Waals surface area contributed by atoms with Crippen LogP contribution in [-0.2, 0) is 4.74 Å². The molecule has 3 heteroatoms. The molecule has 0 aromatic heterocycles. The van der Waals surface area contributed by atoms with Gasteiger partial charge < -0.3 is 15.0 Å². The smallest absolute Gasteiger partial charge is 0.0472 e. The lowest BCUT2D eigenvalue weighted by molar-refractivity contribution is -0.00526. The van der Waals surface area contributed by atoms with Gasteiger partial charge in [-0.1, -0.05) is 27.7 Å². The van der Waals surface area contributed by atoms with Gasteiger partial charge in [0, 0.05) is 32.3 Å². The van der Waals surface area contributed by atoms with Crippen molar-refractivity contribution in [2.75, 3.05) is 39.4 Å². The molecule has 1 aliphatic rings. The van der Waals surface area contributed by atoms with Crippen LogP contribution >= 0.6 is 0 Å². The van der Waals surface area contributed by atoms with Gasteiger partial charge in [0.1, 0.15) is 0 Å². The van der Waals surface area contributed by atoms with Crippen molar-refractivity contribution in [2.24, 2.45) is 5.41 Å². The Morgan fingerprint density at radius 3 is 2.16 bits per heavy atom. The molecule has 0 amide bonds. The van der Waals surface area contributed by atoms with Crippen molar-refractivity contribution in [2.45, 2.75) is 59.4 Å². The third-order valence-corrected chi connectivity index (χ3v) is 4.08. The van der Waals surface area contributed by atoms with Crippen LogP contribution in [0.2, 0.25) is 0 Å². The van der Waals surface area contributed by atoms with Crippen molar-refractivity contribution in [1.82, 2.24) is 10.2 Å². The molecule has 19 heavy (non-hydrogen) atoms. The molecule has 0 aliphatic carbocycles. The Balaban J connectivity index is 2.60. The summed E-state index contributed by atoms with van der Waals surface area (Å²) in [7, 11) is 0. The lowest BCUT2D eigenvalue weighted by atomic mass is 9.79. The standard InChI is InChI=1S/C16H34N2O/c1-5-9-18(10-6-2)14-16(13-17-15(3)4)7-11-19-12-8-16/h15,17H,5-14H2,1-4H3. The molecular weight excluding hydrogens is 236 g/mol.